The van der Waals surface area contributed by atoms with E-state index in [2.05, 4.69) is 225 Å². The zero-order chi connectivity index (χ0) is 47.3. The first-order chi connectivity index (χ1) is 33.1. The Hall–Kier alpha value is -5.98. The van der Waals surface area contributed by atoms with Crippen LogP contribution in [0, 0.1) is 11.8 Å². The van der Waals surface area contributed by atoms with Crippen LogP contribution in [0.15, 0.2) is 198 Å². The molecule has 5 aromatic rings. The summed E-state index contributed by atoms with van der Waals surface area (Å²) in [5.74, 6) is 2.66. The Morgan fingerprint density at radius 3 is 1.97 bits per heavy atom. The van der Waals surface area contributed by atoms with Crippen molar-refractivity contribution in [1.82, 2.24) is 0 Å². The van der Waals surface area contributed by atoms with Crippen molar-refractivity contribution >= 4 is 16.7 Å². The van der Waals surface area contributed by atoms with E-state index in [9.17, 15) is 0 Å². The largest absolute Gasteiger partial charge is 0.0836 e. The van der Waals surface area contributed by atoms with Gasteiger partial charge in [-0.25, -0.2) is 0 Å². The zero-order valence-corrected chi connectivity index (χ0v) is 42.3. The van der Waals surface area contributed by atoms with Crippen LogP contribution in [0.5, 0.6) is 0 Å². The second-order valence-electron chi connectivity index (χ2n) is 20.6. The van der Waals surface area contributed by atoms with E-state index in [1.807, 2.05) is 0 Å². The fourth-order valence-electron chi connectivity index (χ4n) is 12.2. The van der Waals surface area contributed by atoms with Crippen molar-refractivity contribution in [3.05, 3.63) is 242 Å². The fourth-order valence-corrected chi connectivity index (χ4v) is 12.2. The molecule has 0 nitrogen and oxygen atoms in total. The summed E-state index contributed by atoms with van der Waals surface area (Å²) in [6.07, 6.45) is 28.4. The Bertz CT molecular complexity index is 2870. The molecule has 0 N–H and O–H groups in total. The molecule has 0 amide bonds. The summed E-state index contributed by atoms with van der Waals surface area (Å²) in [7, 11) is 0. The van der Waals surface area contributed by atoms with E-state index in [1.54, 1.807) is 0 Å². The van der Waals surface area contributed by atoms with E-state index in [-0.39, 0.29) is 5.92 Å². The third kappa shape index (κ3) is 9.81. The molecule has 0 saturated heterocycles. The molecule has 0 saturated carbocycles. The van der Waals surface area contributed by atoms with Gasteiger partial charge in [-0.1, -0.05) is 206 Å². The van der Waals surface area contributed by atoms with E-state index in [0.29, 0.717) is 29.6 Å². The molecular weight excluding hydrogens is 817 g/mol. The van der Waals surface area contributed by atoms with Gasteiger partial charge in [0.1, 0.15) is 0 Å². The van der Waals surface area contributed by atoms with Crippen LogP contribution in [0.3, 0.4) is 0 Å². The lowest BCUT2D eigenvalue weighted by molar-refractivity contribution is 0.580. The number of hydrogen-bond acceptors (Lipinski definition) is 0. The minimum absolute atomic E-state index is 0.284. The molecule has 9 rings (SSSR count). The number of benzene rings is 5. The maximum absolute atomic E-state index is 2.53. The fraction of sp³-hybridized carbons (Fsp3) is 0.324. The zero-order valence-electron chi connectivity index (χ0n) is 42.3. The minimum Gasteiger partial charge on any atom is -0.0836 e. The van der Waals surface area contributed by atoms with Crippen LogP contribution in [0.1, 0.15) is 169 Å². The van der Waals surface area contributed by atoms with E-state index >= 15 is 0 Å². The maximum Gasteiger partial charge on any atom is 0.00561 e. The van der Waals surface area contributed by atoms with Gasteiger partial charge in [0, 0.05) is 11.8 Å². The Morgan fingerprint density at radius 1 is 0.603 bits per heavy atom. The first kappa shape index (κ1) is 47.1. The third-order valence-electron chi connectivity index (χ3n) is 16.1. The van der Waals surface area contributed by atoms with Crippen molar-refractivity contribution in [3.63, 3.8) is 0 Å². The summed E-state index contributed by atoms with van der Waals surface area (Å²) in [4.78, 5) is 0. The smallest absolute Gasteiger partial charge is 0.00561 e. The van der Waals surface area contributed by atoms with Gasteiger partial charge in [-0.15, -0.1) is 0 Å². The van der Waals surface area contributed by atoms with Gasteiger partial charge in [0.2, 0.25) is 0 Å². The van der Waals surface area contributed by atoms with Crippen LogP contribution < -0.4 is 0 Å². The van der Waals surface area contributed by atoms with Gasteiger partial charge in [-0.2, -0.15) is 0 Å². The van der Waals surface area contributed by atoms with Crippen LogP contribution in [0.4, 0.5) is 0 Å². The summed E-state index contributed by atoms with van der Waals surface area (Å²) >= 11 is 0. The Balaban J connectivity index is 1.03. The minimum atomic E-state index is 0.284. The second kappa shape index (κ2) is 21.1. The summed E-state index contributed by atoms with van der Waals surface area (Å²) in [5, 5.41) is 0. The second-order valence-corrected chi connectivity index (χ2v) is 20.6. The highest BCUT2D eigenvalue weighted by Gasteiger charge is 2.28. The van der Waals surface area contributed by atoms with Crippen LogP contribution in [-0.2, 0) is 6.42 Å². The molecule has 0 spiro atoms. The highest BCUT2D eigenvalue weighted by molar-refractivity contribution is 5.94. The topological polar surface area (TPSA) is 0 Å². The number of aryl methyl sites for hydroxylation is 1. The van der Waals surface area contributed by atoms with Gasteiger partial charge >= 0.3 is 0 Å². The normalized spacial score (nSPS) is 20.9. The lowest BCUT2D eigenvalue weighted by Crippen LogP contribution is -2.09. The Morgan fingerprint density at radius 2 is 1.28 bits per heavy atom. The first-order valence-electron chi connectivity index (χ1n) is 26.2. The van der Waals surface area contributed by atoms with Crippen LogP contribution in [0.2, 0.25) is 0 Å². The van der Waals surface area contributed by atoms with Gasteiger partial charge in [0.05, 0.1) is 0 Å². The van der Waals surface area contributed by atoms with Gasteiger partial charge in [0.25, 0.3) is 0 Å². The van der Waals surface area contributed by atoms with Crippen LogP contribution in [0.25, 0.3) is 27.8 Å². The van der Waals surface area contributed by atoms with Crippen molar-refractivity contribution in [2.24, 2.45) is 11.8 Å². The predicted molar refractivity (Wildman–Crippen MR) is 295 cm³/mol. The molecule has 0 bridgehead atoms. The molecule has 68 heavy (non-hydrogen) atoms. The van der Waals surface area contributed by atoms with E-state index in [0.717, 1.165) is 44.9 Å². The molecule has 6 atom stereocenters. The van der Waals surface area contributed by atoms with Crippen molar-refractivity contribution < 1.29 is 0 Å². The van der Waals surface area contributed by atoms with E-state index in [1.165, 1.54) is 107 Å². The predicted octanol–water partition coefficient (Wildman–Crippen LogP) is 19.3. The summed E-state index contributed by atoms with van der Waals surface area (Å²) in [5.41, 5.74) is 25.4. The lowest BCUT2D eigenvalue weighted by atomic mass is 9.78. The average molecular weight is 891 g/mol. The van der Waals surface area contributed by atoms with Gasteiger partial charge in [-0.05, 0) is 194 Å². The maximum atomic E-state index is 2.53. The molecule has 0 heterocycles. The van der Waals surface area contributed by atoms with E-state index < -0.39 is 0 Å². The van der Waals surface area contributed by atoms with Gasteiger partial charge < -0.3 is 0 Å². The highest BCUT2D eigenvalue weighted by Crippen LogP contribution is 2.46. The molecule has 4 aliphatic carbocycles. The number of rotatable bonds is 13. The van der Waals surface area contributed by atoms with Crippen LogP contribution >= 0.6 is 0 Å². The Labute approximate surface area is 410 Å². The first-order valence-corrected chi connectivity index (χ1v) is 26.2. The lowest BCUT2D eigenvalue weighted by Gasteiger charge is -2.26. The standard InChI is InChI=1S/C68H74/c1-9-45(3)61-25-17-18-26-62(61)47(5)41-48(6)63-27-19-20-28-64(63)67-46(4)29-30-55-39-40-58(43-65(55)50(67)8)53-31-33-54(34-32-53)59-42-49(7)68(57-23-15-12-16-24-57)60(10-2)66(44-59)56-37-35-52(36-38-56)51-21-13-11-14-22-51/h11,13-15,17-28,31-35,37-40,42-49,52H,9-10,12,16,29-30,36,41H2,1-8H3. The van der Waals surface area contributed by atoms with Crippen LogP contribution in [-0.4, -0.2) is 0 Å². The quantitative estimate of drug-likeness (QED) is 0.110. The van der Waals surface area contributed by atoms with Crippen molar-refractivity contribution in [2.45, 2.75) is 130 Å². The summed E-state index contributed by atoms with van der Waals surface area (Å²) in [6, 6.07) is 46.3. The average Bonchev–Trinajstić information content (AvgIpc) is 3.62. The molecule has 0 radical (unpaired) electrons. The van der Waals surface area contributed by atoms with Crippen molar-refractivity contribution in [3.8, 4) is 11.1 Å². The monoisotopic (exact) mass is 891 g/mol. The number of hydrogen-bond donors (Lipinski definition) is 0. The number of fused-ring (bicyclic) bond motifs is 1. The molecule has 4 aliphatic rings. The van der Waals surface area contributed by atoms with Crippen molar-refractivity contribution in [2.75, 3.05) is 0 Å². The molecular formula is C68H74. The SMILES string of the molecule is CCC1=C(C2=CCCC=C2)C(C)C=C(c2ccc(-c3ccc4c(c3)C(C)=C(c3ccccc3C(C)CC(C)c3ccccc3C(C)CC)C(C)CC4)cc2)C=C1C1=CCC(c2ccccc2)C=C1. The highest BCUT2D eigenvalue weighted by atomic mass is 14.3. The molecule has 6 unspecified atom stereocenters. The van der Waals surface area contributed by atoms with Crippen molar-refractivity contribution in [1.29, 1.82) is 0 Å². The van der Waals surface area contributed by atoms with Gasteiger partial charge in [-0.3, -0.25) is 0 Å². The third-order valence-corrected chi connectivity index (χ3v) is 16.1. The summed E-state index contributed by atoms with van der Waals surface area (Å²) < 4.78 is 0. The summed E-state index contributed by atoms with van der Waals surface area (Å²) in [6.45, 7) is 19.2. The molecule has 0 fully saturated rings. The van der Waals surface area contributed by atoms with E-state index in [4.69, 9.17) is 0 Å². The number of allylic oxidation sites excluding steroid dienone is 16. The molecule has 346 valence electrons. The Kier molecular flexibility index (Phi) is 14.6. The molecule has 0 aliphatic heterocycles. The molecule has 5 aromatic carbocycles. The van der Waals surface area contributed by atoms with Gasteiger partial charge in [0.15, 0.2) is 0 Å². The molecule has 0 heteroatoms. The molecule has 0 aromatic heterocycles.